The predicted molar refractivity (Wildman–Crippen MR) is 55.7 cm³/mol. The van der Waals surface area contributed by atoms with Gasteiger partial charge in [0.05, 0.1) is 0 Å². The summed E-state index contributed by atoms with van der Waals surface area (Å²) in [5.41, 5.74) is 7.38. The van der Waals surface area contributed by atoms with E-state index in [1.807, 2.05) is 13.8 Å². The molecular weight excluding hydrogens is 196 g/mol. The summed E-state index contributed by atoms with van der Waals surface area (Å²) in [5, 5.41) is 0. The molecule has 0 heterocycles. The van der Waals surface area contributed by atoms with Gasteiger partial charge in [-0.2, -0.15) is 0 Å². The van der Waals surface area contributed by atoms with Gasteiger partial charge in [0, 0.05) is 12.1 Å². The van der Waals surface area contributed by atoms with Crippen LogP contribution in [0.2, 0.25) is 0 Å². The third-order valence-corrected chi connectivity index (χ3v) is 3.30. The maximum atomic E-state index is 13.7. The SMILES string of the molecule is Cc1c(F)cc(F)c2c1C(N)CC2(C)C. The smallest absolute Gasteiger partial charge is 0.130 e. The Morgan fingerprint density at radius 3 is 2.53 bits per heavy atom. The first kappa shape index (κ1) is 10.6. The van der Waals surface area contributed by atoms with E-state index in [-0.39, 0.29) is 11.5 Å². The quantitative estimate of drug-likeness (QED) is 0.701. The van der Waals surface area contributed by atoms with Gasteiger partial charge in [-0.3, -0.25) is 0 Å². The van der Waals surface area contributed by atoms with E-state index in [0.29, 0.717) is 23.1 Å². The largest absolute Gasteiger partial charge is 0.324 e. The number of fused-ring (bicyclic) bond motifs is 1. The lowest BCUT2D eigenvalue weighted by molar-refractivity contribution is 0.460. The van der Waals surface area contributed by atoms with Crippen LogP contribution in [-0.4, -0.2) is 0 Å². The standard InChI is InChI=1S/C12H15F2N/c1-6-7(13)4-8(14)11-10(6)9(15)5-12(11,2)3/h4,9H,5,15H2,1-3H3. The van der Waals surface area contributed by atoms with Gasteiger partial charge in [0.1, 0.15) is 11.6 Å². The van der Waals surface area contributed by atoms with Gasteiger partial charge < -0.3 is 5.73 Å². The maximum Gasteiger partial charge on any atom is 0.130 e. The van der Waals surface area contributed by atoms with Gasteiger partial charge in [-0.25, -0.2) is 8.78 Å². The van der Waals surface area contributed by atoms with Crippen molar-refractivity contribution in [1.82, 2.24) is 0 Å². The molecule has 0 amide bonds. The highest BCUT2D eigenvalue weighted by molar-refractivity contribution is 5.47. The summed E-state index contributed by atoms with van der Waals surface area (Å²) in [6.45, 7) is 5.55. The molecule has 3 heteroatoms. The third kappa shape index (κ3) is 1.37. The fourth-order valence-electron chi connectivity index (χ4n) is 2.64. The topological polar surface area (TPSA) is 26.0 Å². The van der Waals surface area contributed by atoms with Crippen LogP contribution in [0.15, 0.2) is 6.07 Å². The van der Waals surface area contributed by atoms with E-state index in [1.165, 1.54) is 0 Å². The second-order valence-corrected chi connectivity index (χ2v) is 4.95. The van der Waals surface area contributed by atoms with Crippen molar-refractivity contribution in [3.05, 3.63) is 34.4 Å². The van der Waals surface area contributed by atoms with Gasteiger partial charge in [0.25, 0.3) is 0 Å². The predicted octanol–water partition coefficient (Wildman–Crippen LogP) is 2.95. The van der Waals surface area contributed by atoms with Crippen molar-refractivity contribution >= 4 is 0 Å². The summed E-state index contributed by atoms with van der Waals surface area (Å²) in [5.74, 6) is -0.967. The van der Waals surface area contributed by atoms with Crippen molar-refractivity contribution < 1.29 is 8.78 Å². The van der Waals surface area contributed by atoms with Gasteiger partial charge in [-0.15, -0.1) is 0 Å². The molecule has 0 aliphatic heterocycles. The molecule has 2 rings (SSSR count). The second-order valence-electron chi connectivity index (χ2n) is 4.95. The lowest BCUT2D eigenvalue weighted by Gasteiger charge is -2.19. The van der Waals surface area contributed by atoms with Crippen molar-refractivity contribution in [2.45, 2.75) is 38.6 Å². The number of benzene rings is 1. The molecule has 0 bridgehead atoms. The summed E-state index contributed by atoms with van der Waals surface area (Å²) < 4.78 is 27.1. The molecule has 1 aliphatic carbocycles. The molecule has 1 unspecified atom stereocenters. The molecule has 0 fully saturated rings. The van der Waals surface area contributed by atoms with E-state index in [0.717, 1.165) is 6.07 Å². The molecule has 15 heavy (non-hydrogen) atoms. The third-order valence-electron chi connectivity index (χ3n) is 3.30. The van der Waals surface area contributed by atoms with Crippen LogP contribution in [0.4, 0.5) is 8.78 Å². The van der Waals surface area contributed by atoms with Gasteiger partial charge >= 0.3 is 0 Å². The fraction of sp³-hybridized carbons (Fsp3) is 0.500. The van der Waals surface area contributed by atoms with Crippen LogP contribution in [-0.2, 0) is 5.41 Å². The Morgan fingerprint density at radius 1 is 1.33 bits per heavy atom. The number of hydrogen-bond donors (Lipinski definition) is 1. The molecule has 0 saturated carbocycles. The van der Waals surface area contributed by atoms with Gasteiger partial charge in [-0.05, 0) is 35.4 Å². The van der Waals surface area contributed by atoms with Crippen LogP contribution >= 0.6 is 0 Å². The highest BCUT2D eigenvalue weighted by atomic mass is 19.1. The van der Waals surface area contributed by atoms with E-state index >= 15 is 0 Å². The number of nitrogens with two attached hydrogens (primary N) is 1. The summed E-state index contributed by atoms with van der Waals surface area (Å²) in [7, 11) is 0. The van der Waals surface area contributed by atoms with Crippen LogP contribution in [0.1, 0.15) is 43.0 Å². The minimum absolute atomic E-state index is 0.250. The van der Waals surface area contributed by atoms with Gasteiger partial charge in [-0.1, -0.05) is 13.8 Å². The normalized spacial score (nSPS) is 22.9. The zero-order valence-electron chi connectivity index (χ0n) is 9.20. The molecule has 1 aliphatic rings. The minimum Gasteiger partial charge on any atom is -0.324 e. The molecule has 0 spiro atoms. The zero-order valence-corrected chi connectivity index (χ0v) is 9.20. The first-order valence-corrected chi connectivity index (χ1v) is 5.09. The Balaban J connectivity index is 2.78. The maximum absolute atomic E-state index is 13.7. The molecule has 0 radical (unpaired) electrons. The lowest BCUT2D eigenvalue weighted by Crippen LogP contribution is -2.15. The number of rotatable bonds is 0. The van der Waals surface area contributed by atoms with E-state index in [2.05, 4.69) is 0 Å². The van der Waals surface area contributed by atoms with Crippen molar-refractivity contribution in [3.63, 3.8) is 0 Å². The Labute approximate surface area is 88.3 Å². The first-order chi connectivity index (χ1) is 6.84. The summed E-state index contributed by atoms with van der Waals surface area (Å²) in [6.07, 6.45) is 0.670. The van der Waals surface area contributed by atoms with Gasteiger partial charge in [0.2, 0.25) is 0 Å². The van der Waals surface area contributed by atoms with Crippen molar-refractivity contribution in [3.8, 4) is 0 Å². The van der Waals surface area contributed by atoms with Crippen molar-refractivity contribution in [2.24, 2.45) is 5.73 Å². The Bertz CT molecular complexity index is 424. The monoisotopic (exact) mass is 211 g/mol. The molecule has 1 aromatic rings. The summed E-state index contributed by atoms with van der Waals surface area (Å²) >= 11 is 0. The molecule has 82 valence electrons. The summed E-state index contributed by atoms with van der Waals surface area (Å²) in [6, 6.07) is 0.716. The first-order valence-electron chi connectivity index (χ1n) is 5.09. The fourth-order valence-corrected chi connectivity index (χ4v) is 2.64. The Hall–Kier alpha value is -0.960. The van der Waals surface area contributed by atoms with E-state index in [1.54, 1.807) is 6.92 Å². The minimum atomic E-state index is -0.501. The second kappa shape index (κ2) is 3.01. The molecule has 0 saturated heterocycles. The van der Waals surface area contributed by atoms with Crippen LogP contribution in [0.3, 0.4) is 0 Å². The molecule has 1 aromatic carbocycles. The summed E-state index contributed by atoms with van der Waals surface area (Å²) in [4.78, 5) is 0. The average molecular weight is 211 g/mol. The van der Waals surface area contributed by atoms with E-state index in [9.17, 15) is 8.78 Å². The number of halogens is 2. The van der Waals surface area contributed by atoms with E-state index in [4.69, 9.17) is 5.73 Å². The highest BCUT2D eigenvalue weighted by Crippen LogP contribution is 2.46. The number of hydrogen-bond acceptors (Lipinski definition) is 1. The van der Waals surface area contributed by atoms with Crippen LogP contribution in [0.5, 0.6) is 0 Å². The lowest BCUT2D eigenvalue weighted by atomic mass is 9.85. The Kier molecular flexibility index (Phi) is 2.12. The highest BCUT2D eigenvalue weighted by Gasteiger charge is 2.39. The molecule has 1 nitrogen and oxygen atoms in total. The van der Waals surface area contributed by atoms with Crippen LogP contribution in [0, 0.1) is 18.6 Å². The Morgan fingerprint density at radius 2 is 1.93 bits per heavy atom. The molecule has 1 atom stereocenters. The van der Waals surface area contributed by atoms with E-state index < -0.39 is 11.6 Å². The van der Waals surface area contributed by atoms with Crippen molar-refractivity contribution in [1.29, 1.82) is 0 Å². The average Bonchev–Trinajstić information content (AvgIpc) is 2.32. The zero-order chi connectivity index (χ0) is 11.4. The molecule has 0 aromatic heterocycles. The van der Waals surface area contributed by atoms with Crippen LogP contribution < -0.4 is 5.73 Å². The molecular formula is C12H15F2N. The molecule has 2 N–H and O–H groups in total. The van der Waals surface area contributed by atoms with Gasteiger partial charge in [0.15, 0.2) is 0 Å². The van der Waals surface area contributed by atoms with Crippen LogP contribution in [0.25, 0.3) is 0 Å². The van der Waals surface area contributed by atoms with Crippen molar-refractivity contribution in [2.75, 3.05) is 0 Å².